The van der Waals surface area contributed by atoms with Crippen LogP contribution >= 0.6 is 11.8 Å². The van der Waals surface area contributed by atoms with Crippen molar-refractivity contribution in [3.05, 3.63) is 29.3 Å². The van der Waals surface area contributed by atoms with Crippen LogP contribution in [0.15, 0.2) is 23.1 Å². The zero-order valence-corrected chi connectivity index (χ0v) is 14.9. The number of aryl methyl sites for hydroxylation is 2. The Morgan fingerprint density at radius 2 is 1.78 bits per heavy atom. The smallest absolute Gasteiger partial charge is 0.317 e. The molecule has 23 heavy (non-hydrogen) atoms. The number of carbonyl (C=O) groups excluding carboxylic acids is 2. The van der Waals surface area contributed by atoms with Crippen molar-refractivity contribution in [3.8, 4) is 0 Å². The first kappa shape index (κ1) is 17.7. The van der Waals surface area contributed by atoms with Gasteiger partial charge in [-0.05, 0) is 32.4 Å². The number of rotatable bonds is 4. The number of piperazine rings is 1. The molecule has 0 saturated carbocycles. The molecular formula is C17H25N3O2S. The van der Waals surface area contributed by atoms with Crippen LogP contribution in [0.1, 0.15) is 18.1 Å². The maximum atomic E-state index is 12.4. The van der Waals surface area contributed by atoms with Gasteiger partial charge in [0.1, 0.15) is 0 Å². The monoisotopic (exact) mass is 335 g/mol. The number of nitrogens with zero attached hydrogens (tertiary/aromatic N) is 2. The molecule has 1 saturated heterocycles. The highest BCUT2D eigenvalue weighted by Crippen LogP contribution is 2.24. The summed E-state index contributed by atoms with van der Waals surface area (Å²) in [5.74, 6) is 0.595. The second-order valence-electron chi connectivity index (χ2n) is 5.76. The number of thioether (sulfide) groups is 1. The predicted octanol–water partition coefficient (Wildman–Crippen LogP) is 2.27. The molecule has 5 nitrogen and oxygen atoms in total. The van der Waals surface area contributed by atoms with E-state index in [1.807, 2.05) is 11.8 Å². The summed E-state index contributed by atoms with van der Waals surface area (Å²) in [5.41, 5.74) is 2.41. The van der Waals surface area contributed by atoms with E-state index in [-0.39, 0.29) is 11.9 Å². The Kier molecular flexibility index (Phi) is 6.33. The van der Waals surface area contributed by atoms with Gasteiger partial charge >= 0.3 is 6.03 Å². The fourth-order valence-electron chi connectivity index (χ4n) is 2.52. The second-order valence-corrected chi connectivity index (χ2v) is 6.78. The Hall–Kier alpha value is -1.69. The molecule has 1 aliphatic heterocycles. The molecule has 0 aliphatic carbocycles. The fourth-order valence-corrected chi connectivity index (χ4v) is 3.54. The van der Waals surface area contributed by atoms with Crippen LogP contribution in [0.4, 0.5) is 4.79 Å². The molecule has 2 rings (SSSR count). The third-order valence-corrected chi connectivity index (χ3v) is 5.08. The van der Waals surface area contributed by atoms with E-state index >= 15 is 0 Å². The van der Waals surface area contributed by atoms with Gasteiger partial charge in [0.05, 0.1) is 5.75 Å². The largest absolute Gasteiger partial charge is 0.338 e. The van der Waals surface area contributed by atoms with E-state index < -0.39 is 0 Å². The summed E-state index contributed by atoms with van der Waals surface area (Å²) in [6.07, 6.45) is 0. The second kappa shape index (κ2) is 8.24. The lowest BCUT2D eigenvalue weighted by Gasteiger charge is -2.34. The van der Waals surface area contributed by atoms with E-state index in [1.54, 1.807) is 16.7 Å². The van der Waals surface area contributed by atoms with Gasteiger partial charge in [0.2, 0.25) is 5.91 Å². The molecule has 126 valence electrons. The maximum Gasteiger partial charge on any atom is 0.317 e. The van der Waals surface area contributed by atoms with Crippen LogP contribution in [0.3, 0.4) is 0 Å². The third-order valence-electron chi connectivity index (χ3n) is 3.94. The Morgan fingerprint density at radius 1 is 1.13 bits per heavy atom. The molecule has 1 N–H and O–H groups in total. The SMILES string of the molecule is CCNC(=O)N1CCN(C(=O)CSc2cc(C)ccc2C)CC1. The van der Waals surface area contributed by atoms with Crippen molar-refractivity contribution in [2.75, 3.05) is 38.5 Å². The van der Waals surface area contributed by atoms with Crippen LogP contribution in [0, 0.1) is 13.8 Å². The lowest BCUT2D eigenvalue weighted by Crippen LogP contribution is -2.53. The normalized spacial score (nSPS) is 14.7. The summed E-state index contributed by atoms with van der Waals surface area (Å²) >= 11 is 1.59. The molecular weight excluding hydrogens is 310 g/mol. The fraction of sp³-hybridized carbons (Fsp3) is 0.529. The Balaban J connectivity index is 1.81. The minimum Gasteiger partial charge on any atom is -0.338 e. The topological polar surface area (TPSA) is 52.7 Å². The standard InChI is InChI=1S/C17H25N3O2S/c1-4-18-17(22)20-9-7-19(8-10-20)16(21)12-23-15-11-13(2)5-6-14(15)3/h5-6,11H,4,7-10,12H2,1-3H3,(H,18,22). The minimum atomic E-state index is -0.0376. The highest BCUT2D eigenvalue weighted by molar-refractivity contribution is 8.00. The van der Waals surface area contributed by atoms with E-state index in [4.69, 9.17) is 0 Å². The van der Waals surface area contributed by atoms with Crippen molar-refractivity contribution >= 4 is 23.7 Å². The van der Waals surface area contributed by atoms with Crippen LogP contribution in [-0.2, 0) is 4.79 Å². The number of amides is 3. The predicted molar refractivity (Wildman–Crippen MR) is 93.9 cm³/mol. The summed E-state index contributed by atoms with van der Waals surface area (Å²) in [7, 11) is 0. The molecule has 3 amide bonds. The van der Waals surface area contributed by atoms with Crippen molar-refractivity contribution in [2.24, 2.45) is 0 Å². The van der Waals surface area contributed by atoms with Crippen LogP contribution < -0.4 is 5.32 Å². The Morgan fingerprint density at radius 3 is 2.43 bits per heavy atom. The highest BCUT2D eigenvalue weighted by Gasteiger charge is 2.23. The summed E-state index contributed by atoms with van der Waals surface area (Å²) in [4.78, 5) is 28.9. The van der Waals surface area contributed by atoms with Gasteiger partial charge < -0.3 is 15.1 Å². The van der Waals surface area contributed by atoms with E-state index in [0.29, 0.717) is 38.5 Å². The summed E-state index contributed by atoms with van der Waals surface area (Å²) < 4.78 is 0. The number of hydrogen-bond donors (Lipinski definition) is 1. The van der Waals surface area contributed by atoms with Crippen molar-refractivity contribution in [1.82, 2.24) is 15.1 Å². The van der Waals surface area contributed by atoms with Crippen LogP contribution in [0.5, 0.6) is 0 Å². The van der Waals surface area contributed by atoms with Gasteiger partial charge in [-0.3, -0.25) is 4.79 Å². The number of nitrogens with one attached hydrogen (secondary N) is 1. The van der Waals surface area contributed by atoms with Crippen molar-refractivity contribution in [2.45, 2.75) is 25.7 Å². The summed E-state index contributed by atoms with van der Waals surface area (Å²) in [6.45, 7) is 9.10. The molecule has 1 aromatic carbocycles. The van der Waals surface area contributed by atoms with Crippen LogP contribution in [0.25, 0.3) is 0 Å². The molecule has 1 heterocycles. The third kappa shape index (κ3) is 4.89. The van der Waals surface area contributed by atoms with E-state index in [9.17, 15) is 9.59 Å². The van der Waals surface area contributed by atoms with Crippen LogP contribution in [0.2, 0.25) is 0 Å². The van der Waals surface area contributed by atoms with Gasteiger partial charge in [0.15, 0.2) is 0 Å². The van der Waals surface area contributed by atoms with Gasteiger partial charge in [0, 0.05) is 37.6 Å². The lowest BCUT2D eigenvalue weighted by molar-refractivity contribution is -0.129. The molecule has 0 aromatic heterocycles. The van der Waals surface area contributed by atoms with Gasteiger partial charge in [-0.25, -0.2) is 4.79 Å². The van der Waals surface area contributed by atoms with E-state index in [0.717, 1.165) is 0 Å². The van der Waals surface area contributed by atoms with Gasteiger partial charge in [0.25, 0.3) is 0 Å². The van der Waals surface area contributed by atoms with Crippen molar-refractivity contribution in [1.29, 1.82) is 0 Å². The van der Waals surface area contributed by atoms with Gasteiger partial charge in [-0.2, -0.15) is 0 Å². The zero-order valence-electron chi connectivity index (χ0n) is 14.1. The molecule has 1 fully saturated rings. The number of benzene rings is 1. The average molecular weight is 335 g/mol. The highest BCUT2D eigenvalue weighted by atomic mass is 32.2. The quantitative estimate of drug-likeness (QED) is 0.859. The summed E-state index contributed by atoms with van der Waals surface area (Å²) in [5, 5.41) is 2.80. The number of carbonyl (C=O) groups is 2. The van der Waals surface area contributed by atoms with Gasteiger partial charge in [-0.1, -0.05) is 17.7 Å². The molecule has 1 aliphatic rings. The molecule has 0 radical (unpaired) electrons. The van der Waals surface area contributed by atoms with Crippen LogP contribution in [-0.4, -0.2) is 60.2 Å². The maximum absolute atomic E-state index is 12.4. The lowest BCUT2D eigenvalue weighted by atomic mass is 10.2. The van der Waals surface area contributed by atoms with E-state index in [1.165, 1.54) is 16.0 Å². The molecule has 0 bridgehead atoms. The molecule has 0 unspecified atom stereocenters. The number of hydrogen-bond acceptors (Lipinski definition) is 3. The molecule has 0 spiro atoms. The molecule has 1 aromatic rings. The van der Waals surface area contributed by atoms with E-state index in [2.05, 4.69) is 37.4 Å². The van der Waals surface area contributed by atoms with Crippen molar-refractivity contribution < 1.29 is 9.59 Å². The minimum absolute atomic E-state index is 0.0376. The van der Waals surface area contributed by atoms with Crippen molar-refractivity contribution in [3.63, 3.8) is 0 Å². The van der Waals surface area contributed by atoms with Gasteiger partial charge in [-0.15, -0.1) is 11.8 Å². The Bertz CT molecular complexity index is 569. The first-order valence-corrected chi connectivity index (χ1v) is 9.00. The molecule has 6 heteroatoms. The molecule has 0 atom stereocenters. The average Bonchev–Trinajstić information content (AvgIpc) is 2.55. The Labute approximate surface area is 142 Å². The number of urea groups is 1. The first-order valence-electron chi connectivity index (χ1n) is 8.02. The summed E-state index contributed by atoms with van der Waals surface area (Å²) in [6, 6.07) is 6.26. The zero-order chi connectivity index (χ0) is 16.8. The first-order chi connectivity index (χ1) is 11.0.